The molecule has 1 atom stereocenters. The van der Waals surface area contributed by atoms with Gasteiger partial charge in [0.1, 0.15) is 5.82 Å². The second-order valence-corrected chi connectivity index (χ2v) is 9.42. The van der Waals surface area contributed by atoms with Crippen molar-refractivity contribution in [3.05, 3.63) is 84.3 Å². The van der Waals surface area contributed by atoms with Gasteiger partial charge in [0.2, 0.25) is 0 Å². The molecule has 2 amide bonds. The molecule has 2 bridgehead atoms. The molecule has 10 heteroatoms. The highest BCUT2D eigenvalue weighted by atomic mass is 19.4. The zero-order chi connectivity index (χ0) is 26.4. The van der Waals surface area contributed by atoms with Crippen molar-refractivity contribution in [2.45, 2.75) is 25.6 Å². The zero-order valence-electron chi connectivity index (χ0n) is 20.4. The predicted molar refractivity (Wildman–Crippen MR) is 139 cm³/mol. The number of amides is 2. The van der Waals surface area contributed by atoms with Crippen LogP contribution in [0.15, 0.2) is 73.1 Å². The minimum Gasteiger partial charge on any atom is -0.366 e. The summed E-state index contributed by atoms with van der Waals surface area (Å²) < 4.78 is 39.6. The van der Waals surface area contributed by atoms with Crippen molar-refractivity contribution < 1.29 is 18.0 Å². The Morgan fingerprint density at radius 2 is 1.76 bits per heavy atom. The van der Waals surface area contributed by atoms with Crippen LogP contribution >= 0.6 is 0 Å². The van der Waals surface area contributed by atoms with Gasteiger partial charge in [-0.1, -0.05) is 12.1 Å². The zero-order valence-corrected chi connectivity index (χ0v) is 20.4. The van der Waals surface area contributed by atoms with Gasteiger partial charge < -0.3 is 4.90 Å². The molecule has 1 fully saturated rings. The van der Waals surface area contributed by atoms with E-state index in [0.717, 1.165) is 47.7 Å². The minimum atomic E-state index is -4.45. The molecular formula is C28H23F3N6O. The number of carbonyl (C=O) groups is 1. The summed E-state index contributed by atoms with van der Waals surface area (Å²) in [6.07, 6.45) is -0.454. The fourth-order valence-electron chi connectivity index (χ4n) is 5.06. The fraction of sp³-hybridized carbons (Fsp3) is 0.214. The van der Waals surface area contributed by atoms with Crippen LogP contribution in [0.5, 0.6) is 0 Å². The molecule has 1 saturated heterocycles. The van der Waals surface area contributed by atoms with E-state index in [2.05, 4.69) is 20.2 Å². The molecule has 0 saturated carbocycles. The molecule has 1 N–H and O–H groups in total. The van der Waals surface area contributed by atoms with Crippen LogP contribution in [0.1, 0.15) is 17.7 Å². The summed E-state index contributed by atoms with van der Waals surface area (Å²) in [5.74, 6) is 0.810. The van der Waals surface area contributed by atoms with Crippen LogP contribution in [-0.4, -0.2) is 40.1 Å². The number of halogens is 3. The lowest BCUT2D eigenvalue weighted by atomic mass is 10.0. The SMILES string of the molecule is Cc1cc(-c2ccc3c(n2)N(C(=O)Nc2cc(-c4cccc(C(F)(F)F)c4)ccn2)[C@H]2CCN3C2)ccn1. The summed E-state index contributed by atoms with van der Waals surface area (Å²) in [5.41, 5.74) is 3.55. The number of urea groups is 1. The third kappa shape index (κ3) is 4.42. The van der Waals surface area contributed by atoms with Crippen molar-refractivity contribution >= 4 is 23.4 Å². The van der Waals surface area contributed by atoms with Gasteiger partial charge in [0, 0.05) is 36.7 Å². The second-order valence-electron chi connectivity index (χ2n) is 9.42. The Bertz CT molecular complexity index is 1540. The molecule has 4 aromatic rings. The van der Waals surface area contributed by atoms with Crippen LogP contribution in [0.25, 0.3) is 22.4 Å². The first-order valence-corrected chi connectivity index (χ1v) is 12.2. The molecule has 6 rings (SSSR count). The van der Waals surface area contributed by atoms with E-state index in [1.54, 1.807) is 29.3 Å². The van der Waals surface area contributed by atoms with Crippen molar-refractivity contribution in [3.8, 4) is 22.4 Å². The molecule has 5 heterocycles. The number of rotatable bonds is 3. The topological polar surface area (TPSA) is 74.2 Å². The molecule has 1 aromatic carbocycles. The molecule has 7 nitrogen and oxygen atoms in total. The molecular weight excluding hydrogens is 493 g/mol. The van der Waals surface area contributed by atoms with Crippen molar-refractivity contribution in [1.29, 1.82) is 0 Å². The third-order valence-corrected chi connectivity index (χ3v) is 6.88. The summed E-state index contributed by atoms with van der Waals surface area (Å²) in [6, 6.07) is 15.6. The number of anilines is 3. The molecule has 2 aliphatic heterocycles. The van der Waals surface area contributed by atoms with Crippen molar-refractivity contribution in [2.75, 3.05) is 28.2 Å². The highest BCUT2D eigenvalue weighted by Crippen LogP contribution is 2.40. The number of benzene rings is 1. The molecule has 0 unspecified atom stereocenters. The summed E-state index contributed by atoms with van der Waals surface area (Å²) in [4.78, 5) is 30.9. The number of alkyl halides is 3. The van der Waals surface area contributed by atoms with Gasteiger partial charge in [-0.2, -0.15) is 13.2 Å². The van der Waals surface area contributed by atoms with E-state index in [0.29, 0.717) is 23.5 Å². The normalized spacial score (nSPS) is 16.4. The van der Waals surface area contributed by atoms with Crippen LogP contribution in [0.4, 0.5) is 35.3 Å². The highest BCUT2D eigenvalue weighted by molar-refractivity contribution is 6.04. The third-order valence-electron chi connectivity index (χ3n) is 6.88. The van der Waals surface area contributed by atoms with Gasteiger partial charge in [0.25, 0.3) is 0 Å². The van der Waals surface area contributed by atoms with Gasteiger partial charge in [-0.25, -0.2) is 14.8 Å². The summed E-state index contributed by atoms with van der Waals surface area (Å²) in [5, 5.41) is 2.84. The Balaban J connectivity index is 1.31. The van der Waals surface area contributed by atoms with Gasteiger partial charge in [-0.05, 0) is 73.0 Å². The molecule has 0 radical (unpaired) electrons. The van der Waals surface area contributed by atoms with Crippen LogP contribution in [-0.2, 0) is 6.18 Å². The summed E-state index contributed by atoms with van der Waals surface area (Å²) in [7, 11) is 0. The summed E-state index contributed by atoms with van der Waals surface area (Å²) in [6.45, 7) is 3.43. The average molecular weight is 517 g/mol. The maximum atomic E-state index is 13.6. The number of nitrogens with zero attached hydrogens (tertiary/aromatic N) is 5. The van der Waals surface area contributed by atoms with E-state index >= 15 is 0 Å². The van der Waals surface area contributed by atoms with E-state index < -0.39 is 11.7 Å². The number of aromatic nitrogens is 3. The first-order valence-electron chi connectivity index (χ1n) is 12.2. The lowest BCUT2D eigenvalue weighted by molar-refractivity contribution is -0.137. The van der Waals surface area contributed by atoms with Gasteiger partial charge in [-0.15, -0.1) is 0 Å². The molecule has 3 aromatic heterocycles. The maximum Gasteiger partial charge on any atom is 0.416 e. The van der Waals surface area contributed by atoms with Crippen molar-refractivity contribution in [2.24, 2.45) is 0 Å². The summed E-state index contributed by atoms with van der Waals surface area (Å²) >= 11 is 0. The van der Waals surface area contributed by atoms with E-state index in [1.165, 1.54) is 12.3 Å². The van der Waals surface area contributed by atoms with Crippen LogP contribution in [0.2, 0.25) is 0 Å². The molecule has 0 aliphatic carbocycles. The number of aryl methyl sites for hydroxylation is 1. The van der Waals surface area contributed by atoms with Gasteiger partial charge in [0.05, 0.1) is 23.0 Å². The van der Waals surface area contributed by atoms with Crippen molar-refractivity contribution in [1.82, 2.24) is 15.0 Å². The minimum absolute atomic E-state index is 0.0592. The monoisotopic (exact) mass is 516 g/mol. The van der Waals surface area contributed by atoms with Crippen LogP contribution < -0.4 is 15.1 Å². The van der Waals surface area contributed by atoms with E-state index in [1.807, 2.05) is 31.2 Å². The van der Waals surface area contributed by atoms with Crippen molar-refractivity contribution in [3.63, 3.8) is 0 Å². The number of pyridine rings is 3. The number of hydrogen-bond acceptors (Lipinski definition) is 5. The van der Waals surface area contributed by atoms with Gasteiger partial charge in [0.15, 0.2) is 5.82 Å². The maximum absolute atomic E-state index is 13.6. The quantitative estimate of drug-likeness (QED) is 0.353. The standard InChI is InChI=1S/C28H23F3N6O/c1-17-13-20(8-10-32-17)23-5-6-24-26(34-23)37(22-9-12-36(24)16-22)27(38)35-25-15-19(7-11-33-25)18-3-2-4-21(14-18)28(29,30)31/h2-8,10-11,13-15,22H,9,12,16H2,1H3,(H,33,35,38)/t22-/m0/s1. The number of fused-ring (bicyclic) bond motifs is 4. The number of hydrogen-bond donors (Lipinski definition) is 1. The number of carbonyl (C=O) groups excluding carboxylic acids is 1. The number of nitrogens with one attached hydrogen (secondary N) is 1. The molecule has 38 heavy (non-hydrogen) atoms. The van der Waals surface area contributed by atoms with Crippen LogP contribution in [0, 0.1) is 6.92 Å². The van der Waals surface area contributed by atoms with E-state index in [4.69, 9.17) is 4.98 Å². The fourth-order valence-corrected chi connectivity index (χ4v) is 5.06. The van der Waals surface area contributed by atoms with E-state index in [-0.39, 0.29) is 17.9 Å². The Hall–Kier alpha value is -4.47. The Labute approximate surface area is 217 Å². The van der Waals surface area contributed by atoms with Gasteiger partial charge in [-0.3, -0.25) is 15.2 Å². The first-order chi connectivity index (χ1) is 18.3. The van der Waals surface area contributed by atoms with Gasteiger partial charge >= 0.3 is 12.2 Å². The van der Waals surface area contributed by atoms with E-state index in [9.17, 15) is 18.0 Å². The average Bonchev–Trinajstić information content (AvgIpc) is 3.32. The predicted octanol–water partition coefficient (Wildman–Crippen LogP) is 6.16. The Morgan fingerprint density at radius 1 is 0.974 bits per heavy atom. The first kappa shape index (κ1) is 23.9. The largest absolute Gasteiger partial charge is 0.416 e. The van der Waals surface area contributed by atoms with Crippen LogP contribution in [0.3, 0.4) is 0 Å². The smallest absolute Gasteiger partial charge is 0.366 e. The molecule has 2 aliphatic rings. The molecule has 192 valence electrons. The lowest BCUT2D eigenvalue weighted by Crippen LogP contribution is -2.48. The highest BCUT2D eigenvalue weighted by Gasteiger charge is 2.40. The lowest BCUT2D eigenvalue weighted by Gasteiger charge is -2.35. The Morgan fingerprint density at radius 3 is 2.58 bits per heavy atom. The second kappa shape index (κ2) is 9.13. The molecule has 0 spiro atoms. The Kier molecular flexibility index (Phi) is 5.74.